The quantitative estimate of drug-likeness (QED) is 0.772. The van der Waals surface area contributed by atoms with E-state index in [1.165, 1.54) is 0 Å². The van der Waals surface area contributed by atoms with Crippen LogP contribution in [-0.4, -0.2) is 24.5 Å². The van der Waals surface area contributed by atoms with Gasteiger partial charge in [0.05, 0.1) is 0 Å². The number of benzene rings is 1. The zero-order valence-corrected chi connectivity index (χ0v) is 14.7. The molecule has 0 aliphatic heterocycles. The van der Waals surface area contributed by atoms with E-state index < -0.39 is 10.0 Å². The smallest absolute Gasteiger partial charge is 0.270 e. The Hall–Kier alpha value is -1.84. The molecular formula is C14H18N4O3S2. The first-order valence-corrected chi connectivity index (χ1v) is 9.28. The molecule has 7 nitrogen and oxygen atoms in total. The zero-order valence-electron chi connectivity index (χ0n) is 13.0. The van der Waals surface area contributed by atoms with Crippen LogP contribution < -0.4 is 10.0 Å². The Morgan fingerprint density at radius 2 is 1.96 bits per heavy atom. The maximum atomic E-state index is 12.2. The summed E-state index contributed by atoms with van der Waals surface area (Å²) in [5.74, 6) is -0.462. The van der Waals surface area contributed by atoms with Gasteiger partial charge in [0, 0.05) is 12.5 Å². The lowest BCUT2D eigenvalue weighted by atomic mass is 10.1. The summed E-state index contributed by atoms with van der Waals surface area (Å²) in [5.41, 5.74) is 1.88. The third kappa shape index (κ3) is 4.57. The molecule has 0 bridgehead atoms. The summed E-state index contributed by atoms with van der Waals surface area (Å²) < 4.78 is 26.8. The van der Waals surface area contributed by atoms with Crippen molar-refractivity contribution in [2.45, 2.75) is 31.7 Å². The topological polar surface area (TPSA) is 101 Å². The lowest BCUT2D eigenvalue weighted by Crippen LogP contribution is -2.23. The fraction of sp³-hybridized carbons (Fsp3) is 0.357. The lowest BCUT2D eigenvalue weighted by Gasteiger charge is -2.06. The number of hydrogen-bond acceptors (Lipinski definition) is 6. The van der Waals surface area contributed by atoms with Gasteiger partial charge in [0.2, 0.25) is 15.4 Å². The maximum absolute atomic E-state index is 12.2. The van der Waals surface area contributed by atoms with Gasteiger partial charge in [-0.15, -0.1) is 10.2 Å². The van der Waals surface area contributed by atoms with E-state index in [9.17, 15) is 13.2 Å². The van der Waals surface area contributed by atoms with Crippen molar-refractivity contribution in [3.8, 4) is 0 Å². The Labute approximate surface area is 139 Å². The summed E-state index contributed by atoms with van der Waals surface area (Å²) >= 11 is 0.820. The fourth-order valence-electron chi connectivity index (χ4n) is 1.66. The number of nitrogens with one attached hydrogen (secondary N) is 2. The number of aryl methyl sites for hydroxylation is 1. The van der Waals surface area contributed by atoms with Gasteiger partial charge in [-0.25, -0.2) is 13.1 Å². The first-order chi connectivity index (χ1) is 10.8. The van der Waals surface area contributed by atoms with Crippen molar-refractivity contribution in [1.82, 2.24) is 14.9 Å². The summed E-state index contributed by atoms with van der Waals surface area (Å²) in [6.45, 7) is 5.55. The Bertz CT molecular complexity index is 800. The molecule has 0 unspecified atom stereocenters. The predicted molar refractivity (Wildman–Crippen MR) is 88.6 cm³/mol. The SMILES string of the molecule is Cc1ccccc1CNS(=O)(=O)c1nnc(NC(=O)C(C)C)s1. The van der Waals surface area contributed by atoms with Gasteiger partial charge in [0.1, 0.15) is 0 Å². The minimum Gasteiger partial charge on any atom is -0.300 e. The molecular weight excluding hydrogens is 336 g/mol. The molecule has 124 valence electrons. The molecule has 0 saturated heterocycles. The molecule has 0 fully saturated rings. The first-order valence-electron chi connectivity index (χ1n) is 6.98. The maximum Gasteiger partial charge on any atom is 0.270 e. The van der Waals surface area contributed by atoms with Crippen molar-refractivity contribution in [2.75, 3.05) is 5.32 Å². The number of aromatic nitrogens is 2. The van der Waals surface area contributed by atoms with Crippen LogP contribution in [0.1, 0.15) is 25.0 Å². The van der Waals surface area contributed by atoms with E-state index in [2.05, 4.69) is 20.2 Å². The van der Waals surface area contributed by atoms with Crippen LogP contribution >= 0.6 is 11.3 Å². The largest absolute Gasteiger partial charge is 0.300 e. The molecule has 0 spiro atoms. The van der Waals surface area contributed by atoms with Crippen molar-refractivity contribution in [1.29, 1.82) is 0 Å². The Balaban J connectivity index is 2.07. The second-order valence-electron chi connectivity index (χ2n) is 5.27. The molecule has 0 atom stereocenters. The standard InChI is InChI=1S/C14H18N4O3S2/c1-9(2)12(19)16-13-17-18-14(22-13)23(20,21)15-8-11-7-5-4-6-10(11)3/h4-7,9,15H,8H2,1-3H3,(H,16,17,19). The molecule has 23 heavy (non-hydrogen) atoms. The van der Waals surface area contributed by atoms with Gasteiger partial charge in [-0.2, -0.15) is 0 Å². The van der Waals surface area contributed by atoms with Crippen LogP contribution in [0.2, 0.25) is 0 Å². The first kappa shape index (κ1) is 17.5. The number of rotatable bonds is 6. The van der Waals surface area contributed by atoms with Gasteiger partial charge in [-0.05, 0) is 18.1 Å². The van der Waals surface area contributed by atoms with Crippen LogP contribution in [-0.2, 0) is 21.4 Å². The van der Waals surface area contributed by atoms with E-state index in [-0.39, 0.29) is 27.8 Å². The van der Waals surface area contributed by atoms with Gasteiger partial charge in [0.25, 0.3) is 10.0 Å². The molecule has 9 heteroatoms. The van der Waals surface area contributed by atoms with E-state index in [0.717, 1.165) is 22.5 Å². The van der Waals surface area contributed by atoms with Crippen LogP contribution in [0, 0.1) is 12.8 Å². The highest BCUT2D eigenvalue weighted by molar-refractivity contribution is 7.91. The highest BCUT2D eigenvalue weighted by atomic mass is 32.2. The minimum atomic E-state index is -3.77. The van der Waals surface area contributed by atoms with Crippen molar-refractivity contribution in [3.63, 3.8) is 0 Å². The molecule has 1 amide bonds. The van der Waals surface area contributed by atoms with E-state index in [1.54, 1.807) is 13.8 Å². The number of hydrogen-bond donors (Lipinski definition) is 2. The summed E-state index contributed by atoms with van der Waals surface area (Å²) in [4.78, 5) is 11.6. The summed E-state index contributed by atoms with van der Waals surface area (Å²) in [7, 11) is -3.77. The minimum absolute atomic E-state index is 0.167. The van der Waals surface area contributed by atoms with Gasteiger partial charge in [0.15, 0.2) is 0 Å². The zero-order chi connectivity index (χ0) is 17.0. The average molecular weight is 354 g/mol. The van der Waals surface area contributed by atoms with Crippen LogP contribution in [0.4, 0.5) is 5.13 Å². The Morgan fingerprint density at radius 1 is 1.26 bits per heavy atom. The molecule has 0 aliphatic carbocycles. The number of nitrogens with zero attached hydrogens (tertiary/aromatic N) is 2. The third-order valence-electron chi connectivity index (χ3n) is 3.10. The molecule has 1 heterocycles. The van der Waals surface area contributed by atoms with Crippen molar-refractivity contribution in [3.05, 3.63) is 35.4 Å². The number of carbonyl (C=O) groups excluding carboxylic acids is 1. The van der Waals surface area contributed by atoms with E-state index in [1.807, 2.05) is 31.2 Å². The van der Waals surface area contributed by atoms with E-state index in [0.29, 0.717) is 0 Å². The Kier molecular flexibility index (Phi) is 5.45. The monoisotopic (exact) mass is 354 g/mol. The van der Waals surface area contributed by atoms with Crippen LogP contribution in [0.3, 0.4) is 0 Å². The number of amides is 1. The molecule has 2 rings (SSSR count). The highest BCUT2D eigenvalue weighted by Gasteiger charge is 2.21. The molecule has 2 N–H and O–H groups in total. The number of sulfonamides is 1. The summed E-state index contributed by atoms with van der Waals surface area (Å²) in [6, 6.07) is 7.50. The predicted octanol–water partition coefficient (Wildman–Crippen LogP) is 1.92. The van der Waals surface area contributed by atoms with Crippen molar-refractivity contribution < 1.29 is 13.2 Å². The van der Waals surface area contributed by atoms with Crippen LogP contribution in [0.25, 0.3) is 0 Å². The molecule has 0 aliphatic rings. The lowest BCUT2D eigenvalue weighted by molar-refractivity contribution is -0.118. The van der Waals surface area contributed by atoms with Gasteiger partial charge in [-0.3, -0.25) is 4.79 Å². The van der Waals surface area contributed by atoms with E-state index >= 15 is 0 Å². The van der Waals surface area contributed by atoms with Gasteiger partial charge in [-0.1, -0.05) is 49.4 Å². The average Bonchev–Trinajstić information content (AvgIpc) is 2.95. The van der Waals surface area contributed by atoms with Gasteiger partial charge >= 0.3 is 0 Å². The molecule has 1 aromatic carbocycles. The molecule has 1 aromatic heterocycles. The van der Waals surface area contributed by atoms with Crippen molar-refractivity contribution in [2.24, 2.45) is 5.92 Å². The second kappa shape index (κ2) is 7.16. The van der Waals surface area contributed by atoms with Gasteiger partial charge < -0.3 is 5.32 Å². The molecule has 0 saturated carbocycles. The Morgan fingerprint density at radius 3 is 2.61 bits per heavy atom. The van der Waals surface area contributed by atoms with Crippen molar-refractivity contribution >= 4 is 32.4 Å². The number of carbonyl (C=O) groups is 1. The van der Waals surface area contributed by atoms with E-state index in [4.69, 9.17) is 0 Å². The highest BCUT2D eigenvalue weighted by Crippen LogP contribution is 2.20. The van der Waals surface area contributed by atoms with Crippen LogP contribution in [0.15, 0.2) is 28.6 Å². The van der Waals surface area contributed by atoms with Crippen LogP contribution in [0.5, 0.6) is 0 Å². The third-order valence-corrected chi connectivity index (χ3v) is 5.71. The second-order valence-corrected chi connectivity index (χ2v) is 8.19. The molecule has 2 aromatic rings. The fourth-order valence-corrected chi connectivity index (χ4v) is 3.61. The normalized spacial score (nSPS) is 11.7. The number of anilines is 1. The molecule has 0 radical (unpaired) electrons. The summed E-state index contributed by atoms with van der Waals surface area (Å²) in [6.07, 6.45) is 0. The summed E-state index contributed by atoms with van der Waals surface area (Å²) in [5, 5.41) is 10.0.